The Bertz CT molecular complexity index is 254. The Hall–Kier alpha value is -0.300. The lowest BCUT2D eigenvalue weighted by atomic mass is 10.1. The monoisotopic (exact) mass is 234 g/mol. The van der Waals surface area contributed by atoms with E-state index < -0.39 is 22.2 Å². The van der Waals surface area contributed by atoms with Gasteiger partial charge in [-0.05, 0) is 5.92 Å². The van der Waals surface area contributed by atoms with Gasteiger partial charge in [0.15, 0.2) is 0 Å². The van der Waals surface area contributed by atoms with Gasteiger partial charge in [0.2, 0.25) is 0 Å². The maximum Gasteiger partial charge on any atom is 0.523 e. The minimum Gasteiger partial charge on any atom is -0.263 e. The summed E-state index contributed by atoms with van der Waals surface area (Å²) in [4.78, 5) is 0. The molecule has 0 aliphatic heterocycles. The van der Waals surface area contributed by atoms with Crippen LogP contribution in [0.3, 0.4) is 0 Å². The van der Waals surface area contributed by atoms with Crippen molar-refractivity contribution in [1.82, 2.24) is 0 Å². The number of hydrogen-bond acceptors (Lipinski definition) is 3. The fourth-order valence-electron chi connectivity index (χ4n) is 0.777. The second-order valence-corrected chi connectivity index (χ2v) is 4.47. The summed E-state index contributed by atoms with van der Waals surface area (Å²) in [6, 6.07) is 0. The highest BCUT2D eigenvalue weighted by atomic mass is 32.2. The molecule has 0 saturated carbocycles. The third kappa shape index (κ3) is 3.83. The topological polar surface area (TPSA) is 43.4 Å². The third-order valence-corrected chi connectivity index (χ3v) is 2.91. The van der Waals surface area contributed by atoms with Crippen LogP contribution in [0.2, 0.25) is 0 Å². The van der Waals surface area contributed by atoms with Crippen molar-refractivity contribution >= 4 is 10.1 Å². The van der Waals surface area contributed by atoms with Crippen molar-refractivity contribution in [2.45, 2.75) is 32.2 Å². The van der Waals surface area contributed by atoms with Crippen molar-refractivity contribution in [1.29, 1.82) is 0 Å². The second-order valence-electron chi connectivity index (χ2n) is 2.87. The highest BCUT2D eigenvalue weighted by molar-refractivity contribution is 7.87. The first-order valence-corrected chi connectivity index (χ1v) is 5.61. The first-order valence-electron chi connectivity index (χ1n) is 4.20. The van der Waals surface area contributed by atoms with Gasteiger partial charge in [0.1, 0.15) is 0 Å². The van der Waals surface area contributed by atoms with Crippen LogP contribution >= 0.6 is 0 Å². The lowest BCUT2D eigenvalue weighted by molar-refractivity contribution is -0.0551. The Morgan fingerprint density at radius 1 is 1.21 bits per heavy atom. The van der Waals surface area contributed by atoms with Crippen molar-refractivity contribution in [2.75, 3.05) is 6.61 Å². The van der Waals surface area contributed by atoms with Gasteiger partial charge in [-0.1, -0.05) is 26.7 Å². The van der Waals surface area contributed by atoms with Crippen molar-refractivity contribution < 1.29 is 25.8 Å². The van der Waals surface area contributed by atoms with E-state index in [2.05, 4.69) is 4.18 Å². The Morgan fingerprint density at radius 2 is 1.64 bits per heavy atom. The van der Waals surface area contributed by atoms with E-state index in [9.17, 15) is 21.6 Å². The van der Waals surface area contributed by atoms with Gasteiger partial charge in [0.25, 0.3) is 0 Å². The molecule has 0 N–H and O–H groups in total. The highest BCUT2D eigenvalue weighted by Gasteiger charge is 2.47. The van der Waals surface area contributed by atoms with Gasteiger partial charge in [-0.3, -0.25) is 4.18 Å². The molecular formula is C7H13F3O3S. The summed E-state index contributed by atoms with van der Waals surface area (Å²) in [6.45, 7) is 3.12. The molecule has 0 bridgehead atoms. The first-order chi connectivity index (χ1) is 6.24. The van der Waals surface area contributed by atoms with E-state index in [0.717, 1.165) is 0 Å². The standard InChI is InChI=1S/C7H13F3O3S/c1-3-6(4-2)5-13-14(11,12)7(8,9)10/h6H,3-5H2,1-2H3. The van der Waals surface area contributed by atoms with Gasteiger partial charge >= 0.3 is 15.6 Å². The van der Waals surface area contributed by atoms with Crippen LogP contribution in [0.15, 0.2) is 0 Å². The molecule has 0 spiro atoms. The van der Waals surface area contributed by atoms with Crippen molar-refractivity contribution in [3.05, 3.63) is 0 Å². The molecule has 0 aliphatic carbocycles. The van der Waals surface area contributed by atoms with Gasteiger partial charge in [0.05, 0.1) is 6.61 Å². The lowest BCUT2D eigenvalue weighted by Crippen LogP contribution is -2.27. The molecule has 0 aromatic heterocycles. The number of alkyl halides is 3. The Morgan fingerprint density at radius 3 is 1.93 bits per heavy atom. The van der Waals surface area contributed by atoms with Crippen LogP contribution in [0.5, 0.6) is 0 Å². The predicted molar refractivity (Wildman–Crippen MR) is 45.0 cm³/mol. The summed E-state index contributed by atoms with van der Waals surface area (Å²) in [6.07, 6.45) is 1.17. The van der Waals surface area contributed by atoms with Crippen LogP contribution in [-0.2, 0) is 14.3 Å². The molecule has 3 nitrogen and oxygen atoms in total. The molecule has 0 aromatic carbocycles. The molecule has 0 saturated heterocycles. The fourth-order valence-corrected chi connectivity index (χ4v) is 1.28. The summed E-state index contributed by atoms with van der Waals surface area (Å²) < 4.78 is 60.1. The van der Waals surface area contributed by atoms with Gasteiger partial charge in [-0.15, -0.1) is 0 Å². The quantitative estimate of drug-likeness (QED) is 0.541. The summed E-state index contributed by atoms with van der Waals surface area (Å²) in [5.41, 5.74) is -5.32. The average Bonchev–Trinajstić information content (AvgIpc) is 2.04. The molecule has 86 valence electrons. The third-order valence-electron chi connectivity index (χ3n) is 1.90. The molecule has 0 radical (unpaired) electrons. The molecule has 7 heteroatoms. The second kappa shape index (κ2) is 4.97. The van der Waals surface area contributed by atoms with Crippen LogP contribution in [0.1, 0.15) is 26.7 Å². The minimum atomic E-state index is -5.41. The average molecular weight is 234 g/mol. The van der Waals surface area contributed by atoms with E-state index in [1.165, 1.54) is 0 Å². The Labute approximate surface area is 81.4 Å². The first kappa shape index (κ1) is 13.7. The minimum absolute atomic E-state index is 0.160. The van der Waals surface area contributed by atoms with E-state index in [1.54, 1.807) is 13.8 Å². The molecule has 0 aliphatic rings. The Kier molecular flexibility index (Phi) is 4.87. The molecule has 0 fully saturated rings. The summed E-state index contributed by atoms with van der Waals surface area (Å²) in [5.74, 6) is -0.160. The zero-order valence-corrected chi connectivity index (χ0v) is 8.78. The molecule has 0 atom stereocenters. The fraction of sp³-hybridized carbons (Fsp3) is 1.00. The van der Waals surface area contributed by atoms with Crippen LogP contribution in [0.25, 0.3) is 0 Å². The Balaban J connectivity index is 4.27. The molecule has 0 rings (SSSR count). The zero-order valence-electron chi connectivity index (χ0n) is 7.97. The molecule has 14 heavy (non-hydrogen) atoms. The smallest absolute Gasteiger partial charge is 0.263 e. The van der Waals surface area contributed by atoms with Crippen molar-refractivity contribution in [3.8, 4) is 0 Å². The largest absolute Gasteiger partial charge is 0.523 e. The molecule has 0 heterocycles. The predicted octanol–water partition coefficient (Wildman–Crippen LogP) is 2.29. The lowest BCUT2D eigenvalue weighted by Gasteiger charge is -2.13. The van der Waals surface area contributed by atoms with Crippen LogP contribution in [-0.4, -0.2) is 20.5 Å². The molecular weight excluding hydrogens is 221 g/mol. The van der Waals surface area contributed by atoms with Gasteiger partial charge in [0, 0.05) is 0 Å². The summed E-state index contributed by atoms with van der Waals surface area (Å²) in [7, 11) is -5.41. The number of hydrogen-bond donors (Lipinski definition) is 0. The van der Waals surface area contributed by atoms with Crippen LogP contribution in [0.4, 0.5) is 13.2 Å². The van der Waals surface area contributed by atoms with Crippen LogP contribution in [0, 0.1) is 5.92 Å². The van der Waals surface area contributed by atoms with Gasteiger partial charge in [-0.25, -0.2) is 0 Å². The van der Waals surface area contributed by atoms with E-state index >= 15 is 0 Å². The number of halogens is 3. The maximum atomic E-state index is 11.8. The van der Waals surface area contributed by atoms with Crippen molar-refractivity contribution in [2.24, 2.45) is 5.92 Å². The van der Waals surface area contributed by atoms with Crippen molar-refractivity contribution in [3.63, 3.8) is 0 Å². The van der Waals surface area contributed by atoms with Gasteiger partial charge < -0.3 is 0 Å². The SMILES string of the molecule is CCC(CC)COS(=O)(=O)C(F)(F)F. The normalized spacial score (nSPS) is 13.6. The molecule has 0 amide bonds. The number of rotatable bonds is 5. The maximum absolute atomic E-state index is 11.8. The molecule has 0 unspecified atom stereocenters. The van der Waals surface area contributed by atoms with E-state index in [4.69, 9.17) is 0 Å². The summed E-state index contributed by atoms with van der Waals surface area (Å²) in [5, 5.41) is 0. The van der Waals surface area contributed by atoms with E-state index in [0.29, 0.717) is 12.8 Å². The van der Waals surface area contributed by atoms with E-state index in [1.807, 2.05) is 0 Å². The zero-order chi connectivity index (χ0) is 11.4. The summed E-state index contributed by atoms with van der Waals surface area (Å²) >= 11 is 0. The highest BCUT2D eigenvalue weighted by Crippen LogP contribution is 2.25. The van der Waals surface area contributed by atoms with Gasteiger partial charge in [-0.2, -0.15) is 21.6 Å². The van der Waals surface area contributed by atoms with Crippen LogP contribution < -0.4 is 0 Å². The molecule has 0 aromatic rings. The van der Waals surface area contributed by atoms with E-state index in [-0.39, 0.29) is 5.92 Å².